The molecule has 2 saturated heterocycles. The van der Waals surface area contributed by atoms with Gasteiger partial charge in [0.2, 0.25) is 0 Å². The number of Topliss-reactive ketones (excluding diaryl/α,β-unsaturated/α-hetero) is 1. The molecule has 0 bridgehead atoms. The van der Waals surface area contributed by atoms with Crippen molar-refractivity contribution in [3.05, 3.63) is 54.1 Å². The van der Waals surface area contributed by atoms with E-state index >= 15 is 0 Å². The van der Waals surface area contributed by atoms with Gasteiger partial charge < -0.3 is 9.64 Å². The third-order valence-electron chi connectivity index (χ3n) is 8.48. The van der Waals surface area contributed by atoms with E-state index in [4.69, 9.17) is 9.72 Å². The van der Waals surface area contributed by atoms with Crippen molar-refractivity contribution in [3.8, 4) is 27.2 Å². The number of thiazole rings is 1. The summed E-state index contributed by atoms with van der Waals surface area (Å²) >= 11 is 1.48. The van der Waals surface area contributed by atoms with Crippen LogP contribution in [0.15, 0.2) is 42.6 Å². The van der Waals surface area contributed by atoms with Crippen molar-refractivity contribution in [3.63, 3.8) is 0 Å². The summed E-state index contributed by atoms with van der Waals surface area (Å²) in [5.74, 6) is -0.359. The molecule has 2 aliphatic heterocycles. The van der Waals surface area contributed by atoms with Gasteiger partial charge in [-0.15, -0.1) is 11.3 Å². The number of aromatic nitrogens is 2. The lowest BCUT2D eigenvalue weighted by atomic mass is 9.70. The molecule has 41 heavy (non-hydrogen) atoms. The number of halogens is 1. The highest BCUT2D eigenvalue weighted by Crippen LogP contribution is 2.47. The van der Waals surface area contributed by atoms with Crippen molar-refractivity contribution >= 4 is 32.6 Å². The molecular formula is C30H31FN4O4S2. The number of sulfone groups is 1. The molecule has 8 nitrogen and oxygen atoms in total. The Morgan fingerprint density at radius 3 is 2.49 bits per heavy atom. The number of rotatable bonds is 7. The van der Waals surface area contributed by atoms with Gasteiger partial charge in [-0.25, -0.2) is 17.8 Å². The number of ether oxygens (including phenoxy) is 1. The zero-order valence-electron chi connectivity index (χ0n) is 22.6. The quantitative estimate of drug-likeness (QED) is 0.375. The minimum atomic E-state index is -2.97. The molecule has 3 aliphatic rings. The van der Waals surface area contributed by atoms with Crippen LogP contribution in [-0.2, 0) is 19.4 Å². The van der Waals surface area contributed by atoms with Crippen LogP contribution in [0.25, 0.3) is 21.1 Å². The summed E-state index contributed by atoms with van der Waals surface area (Å²) in [5, 5.41) is 10.4. The lowest BCUT2D eigenvalue weighted by Crippen LogP contribution is -2.44. The first-order chi connectivity index (χ1) is 19.8. The van der Waals surface area contributed by atoms with Crippen molar-refractivity contribution in [2.45, 2.75) is 38.0 Å². The minimum Gasteiger partial charge on any atom is -0.378 e. The number of pyridine rings is 1. The molecule has 1 saturated carbocycles. The lowest BCUT2D eigenvalue weighted by Gasteiger charge is -2.37. The average Bonchev–Trinajstić information content (AvgIpc) is 3.41. The highest BCUT2D eigenvalue weighted by atomic mass is 32.2. The van der Waals surface area contributed by atoms with E-state index in [0.717, 1.165) is 47.5 Å². The number of hydrogen-bond acceptors (Lipinski definition) is 9. The van der Waals surface area contributed by atoms with Crippen LogP contribution in [0.3, 0.4) is 0 Å². The predicted molar refractivity (Wildman–Crippen MR) is 155 cm³/mol. The number of ketones is 1. The largest absolute Gasteiger partial charge is 0.378 e. The Bertz CT molecular complexity index is 1560. The van der Waals surface area contributed by atoms with Crippen LogP contribution in [-0.4, -0.2) is 62.0 Å². The van der Waals surface area contributed by atoms with Crippen LogP contribution in [0.5, 0.6) is 0 Å². The fraction of sp³-hybridized carbons (Fsp3) is 0.467. The molecule has 1 aromatic carbocycles. The van der Waals surface area contributed by atoms with Crippen LogP contribution in [0.1, 0.15) is 43.7 Å². The Hall–Kier alpha value is -3.20. The molecular weight excluding hydrogens is 563 g/mol. The Balaban J connectivity index is 1.34. The summed E-state index contributed by atoms with van der Waals surface area (Å²) in [6, 6.07) is 13.3. The van der Waals surface area contributed by atoms with E-state index in [1.54, 1.807) is 6.07 Å². The van der Waals surface area contributed by atoms with Gasteiger partial charge in [-0.05, 0) is 42.7 Å². The third-order valence-corrected chi connectivity index (χ3v) is 11.2. The zero-order valence-corrected chi connectivity index (χ0v) is 24.2. The molecule has 3 fully saturated rings. The molecule has 2 aromatic heterocycles. The molecule has 0 radical (unpaired) electrons. The molecule has 1 aliphatic carbocycles. The van der Waals surface area contributed by atoms with Crippen LogP contribution < -0.4 is 4.90 Å². The van der Waals surface area contributed by atoms with Gasteiger partial charge in [-0.1, -0.05) is 25.0 Å². The maximum atomic E-state index is 13.6. The summed E-state index contributed by atoms with van der Waals surface area (Å²) < 4.78 is 42.7. The maximum Gasteiger partial charge on any atom is 0.153 e. The number of carbonyl (C=O) groups is 1. The van der Waals surface area contributed by atoms with Gasteiger partial charge >= 0.3 is 0 Å². The van der Waals surface area contributed by atoms with Gasteiger partial charge in [0.15, 0.2) is 9.84 Å². The summed E-state index contributed by atoms with van der Waals surface area (Å²) in [7, 11) is -2.97. The molecule has 0 N–H and O–H groups in total. The first-order valence-corrected chi connectivity index (χ1v) is 16.6. The second kappa shape index (κ2) is 11.2. The molecule has 2 atom stereocenters. The number of nitriles is 1. The smallest absolute Gasteiger partial charge is 0.153 e. The summed E-state index contributed by atoms with van der Waals surface area (Å²) in [5.41, 5.74) is 2.62. The highest BCUT2D eigenvalue weighted by molar-refractivity contribution is 7.91. The molecule has 6 rings (SSSR count). The van der Waals surface area contributed by atoms with Crippen LogP contribution >= 0.6 is 11.3 Å². The van der Waals surface area contributed by atoms with E-state index in [9.17, 15) is 22.9 Å². The highest BCUT2D eigenvalue weighted by Gasteiger charge is 2.44. The van der Waals surface area contributed by atoms with Crippen molar-refractivity contribution in [1.29, 1.82) is 5.26 Å². The first kappa shape index (κ1) is 27.9. The zero-order chi connectivity index (χ0) is 28.6. The fourth-order valence-corrected chi connectivity index (χ4v) is 8.38. The Morgan fingerprint density at radius 2 is 1.85 bits per heavy atom. The van der Waals surface area contributed by atoms with E-state index in [-0.39, 0.29) is 35.5 Å². The van der Waals surface area contributed by atoms with E-state index in [2.05, 4.69) is 16.0 Å². The standard InChI is InChI=1S/C30H31FN4O4S2/c31-21-7-10-25(33-16-21)29-34-27(24-4-2-1-3-23(24)26(36)15-30(17-32)18-39-19-30)28(40-29)20-5-8-22(9-6-20)35-11-13-41(37,38)14-12-35/h5-10,16,23-24H,1-4,11-15,18-19H2/t23-,24-/m1/s1. The van der Waals surface area contributed by atoms with Gasteiger partial charge in [0.1, 0.15) is 22.0 Å². The number of carbonyl (C=O) groups excluding carboxylic acids is 1. The normalized spacial score (nSPS) is 23.4. The maximum absolute atomic E-state index is 13.6. The monoisotopic (exact) mass is 594 g/mol. The second-order valence-corrected chi connectivity index (χ2v) is 14.6. The lowest BCUT2D eigenvalue weighted by molar-refractivity contribution is -0.135. The molecule has 11 heteroatoms. The Kier molecular flexibility index (Phi) is 7.66. The second-order valence-electron chi connectivity index (χ2n) is 11.3. The van der Waals surface area contributed by atoms with E-state index in [1.807, 2.05) is 24.3 Å². The molecule has 4 heterocycles. The molecule has 214 valence electrons. The molecule has 0 unspecified atom stereocenters. The predicted octanol–water partition coefficient (Wildman–Crippen LogP) is 5.02. The number of anilines is 1. The number of nitrogens with zero attached hydrogens (tertiary/aromatic N) is 4. The molecule has 3 aromatic rings. The Labute approximate surface area is 243 Å². The van der Waals surface area contributed by atoms with Crippen molar-refractivity contribution in [2.24, 2.45) is 11.3 Å². The summed E-state index contributed by atoms with van der Waals surface area (Å²) in [4.78, 5) is 26.0. The van der Waals surface area contributed by atoms with Crippen LogP contribution in [0, 0.1) is 28.5 Å². The average molecular weight is 595 g/mol. The van der Waals surface area contributed by atoms with Crippen molar-refractivity contribution < 1.29 is 22.3 Å². The number of benzene rings is 1. The van der Waals surface area contributed by atoms with Gasteiger partial charge in [0.05, 0.1) is 53.3 Å². The van der Waals surface area contributed by atoms with E-state index in [0.29, 0.717) is 37.0 Å². The molecule has 0 spiro atoms. The summed E-state index contributed by atoms with van der Waals surface area (Å²) in [6.45, 7) is 1.53. The summed E-state index contributed by atoms with van der Waals surface area (Å²) in [6.07, 6.45) is 4.88. The van der Waals surface area contributed by atoms with Gasteiger partial charge in [-0.3, -0.25) is 9.78 Å². The van der Waals surface area contributed by atoms with Crippen LogP contribution in [0.4, 0.5) is 10.1 Å². The van der Waals surface area contributed by atoms with Crippen molar-refractivity contribution in [1.82, 2.24) is 9.97 Å². The fourth-order valence-electron chi connectivity index (χ4n) is 6.06. The van der Waals surface area contributed by atoms with E-state index in [1.165, 1.54) is 23.6 Å². The van der Waals surface area contributed by atoms with E-state index < -0.39 is 21.1 Å². The van der Waals surface area contributed by atoms with Gasteiger partial charge in [0, 0.05) is 37.0 Å². The van der Waals surface area contributed by atoms with Crippen LogP contribution in [0.2, 0.25) is 0 Å². The first-order valence-electron chi connectivity index (χ1n) is 14.0. The van der Waals surface area contributed by atoms with Gasteiger partial charge in [-0.2, -0.15) is 5.26 Å². The number of hydrogen-bond donors (Lipinski definition) is 0. The Morgan fingerprint density at radius 1 is 1.12 bits per heavy atom. The minimum absolute atomic E-state index is 0.0929. The topological polar surface area (TPSA) is 113 Å². The van der Waals surface area contributed by atoms with Gasteiger partial charge in [0.25, 0.3) is 0 Å². The SMILES string of the molecule is N#CC1(CC(=O)[C@@H]2CCCC[C@H]2c2nc(-c3ccc(F)cn3)sc2-c2ccc(N3CCS(=O)(=O)CC3)cc2)COC1. The van der Waals surface area contributed by atoms with Crippen molar-refractivity contribution in [2.75, 3.05) is 42.7 Å². The third kappa shape index (κ3) is 5.78. The molecule has 0 amide bonds.